The Hall–Kier alpha value is 0.170. The van der Waals surface area contributed by atoms with Crippen LogP contribution in [-0.4, -0.2) is 51.4 Å². The Morgan fingerprint density at radius 2 is 1.67 bits per heavy atom. The number of aliphatic hydroxyl groups is 2. The minimum Gasteiger partial charge on any atom is -0.396 e. The summed E-state index contributed by atoms with van der Waals surface area (Å²) < 4.78 is 23.8. The highest BCUT2D eigenvalue weighted by molar-refractivity contribution is 8.27. The van der Waals surface area contributed by atoms with E-state index in [1.54, 1.807) is 0 Å². The van der Waals surface area contributed by atoms with Crippen molar-refractivity contribution in [3.05, 3.63) is 0 Å². The fourth-order valence-corrected chi connectivity index (χ4v) is 2.46. The number of rotatable bonds is 15. The van der Waals surface area contributed by atoms with Gasteiger partial charge in [0.05, 0.1) is 12.7 Å². The summed E-state index contributed by atoms with van der Waals surface area (Å²) in [5.74, 6) is 0. The van der Waals surface area contributed by atoms with E-state index in [0.717, 1.165) is 32.1 Å². The maximum atomic E-state index is 10.6. The van der Waals surface area contributed by atoms with Gasteiger partial charge in [0.2, 0.25) is 0 Å². The Morgan fingerprint density at radius 1 is 1.10 bits per heavy atom. The Balaban J connectivity index is 3.25. The van der Waals surface area contributed by atoms with Gasteiger partial charge in [-0.3, -0.25) is 8.74 Å². The molecule has 0 spiro atoms. The average Bonchev–Trinajstić information content (AvgIpc) is 2.40. The van der Waals surface area contributed by atoms with Crippen molar-refractivity contribution in [2.24, 2.45) is 0 Å². The van der Waals surface area contributed by atoms with Crippen molar-refractivity contribution in [1.29, 1.82) is 0 Å². The van der Waals surface area contributed by atoms with Gasteiger partial charge in [-0.15, -0.1) is 0 Å². The monoisotopic (exact) mass is 343 g/mol. The van der Waals surface area contributed by atoms with Gasteiger partial charge in [-0.1, -0.05) is 38.5 Å². The molecule has 1 unspecified atom stereocenters. The lowest BCUT2D eigenvalue weighted by atomic mass is 10.1. The van der Waals surface area contributed by atoms with Crippen molar-refractivity contribution in [3.63, 3.8) is 0 Å². The summed E-state index contributed by atoms with van der Waals surface area (Å²) in [6, 6.07) is 0. The summed E-state index contributed by atoms with van der Waals surface area (Å²) in [5.41, 5.74) is 0. The Bertz CT molecular complexity index is 325. The third-order valence-corrected chi connectivity index (χ3v) is 3.84. The second-order valence-electron chi connectivity index (χ2n) is 5.09. The van der Waals surface area contributed by atoms with Crippen LogP contribution in [0.1, 0.15) is 51.4 Å². The highest BCUT2D eigenvalue weighted by Gasteiger charge is 2.04. The van der Waals surface area contributed by atoms with Crippen LogP contribution in [0.2, 0.25) is 0 Å². The zero-order valence-corrected chi connectivity index (χ0v) is 14.2. The molecule has 128 valence electrons. The Kier molecular flexibility index (Phi) is 13.9. The van der Waals surface area contributed by atoms with E-state index in [2.05, 4.69) is 20.7 Å². The van der Waals surface area contributed by atoms with Crippen molar-refractivity contribution in [2.45, 2.75) is 57.5 Å². The van der Waals surface area contributed by atoms with Crippen LogP contribution in [0.15, 0.2) is 0 Å². The lowest BCUT2D eigenvalue weighted by Gasteiger charge is -2.11. The highest BCUT2D eigenvalue weighted by atomic mass is 32.9. The first-order valence-electron chi connectivity index (χ1n) is 7.57. The van der Waals surface area contributed by atoms with Gasteiger partial charge in [0, 0.05) is 30.9 Å². The lowest BCUT2D eigenvalue weighted by Crippen LogP contribution is -2.29. The van der Waals surface area contributed by atoms with Crippen LogP contribution >= 0.6 is 0 Å². The van der Waals surface area contributed by atoms with E-state index in [0.29, 0.717) is 13.1 Å². The molecule has 0 rings (SSSR count). The van der Waals surface area contributed by atoms with Gasteiger partial charge in [-0.05, 0) is 12.8 Å². The van der Waals surface area contributed by atoms with Crippen molar-refractivity contribution in [2.75, 3.05) is 26.3 Å². The van der Waals surface area contributed by atoms with E-state index in [4.69, 9.17) is 9.66 Å². The van der Waals surface area contributed by atoms with E-state index < -0.39 is 15.2 Å². The van der Waals surface area contributed by atoms with Crippen molar-refractivity contribution in [1.82, 2.24) is 5.32 Å². The van der Waals surface area contributed by atoms with Gasteiger partial charge in [-0.2, -0.15) is 4.21 Å². The zero-order chi connectivity index (χ0) is 16.0. The van der Waals surface area contributed by atoms with E-state index in [-0.39, 0.29) is 13.2 Å². The van der Waals surface area contributed by atoms with Gasteiger partial charge in [0.25, 0.3) is 9.05 Å². The number of hydrogen-bond acceptors (Lipinski definition) is 6. The second-order valence-corrected chi connectivity index (χ2v) is 7.45. The number of nitrogens with one attached hydrogen (secondary N) is 1. The molecule has 0 aliphatic carbocycles. The summed E-state index contributed by atoms with van der Waals surface area (Å²) >= 11 is 4.17. The largest absolute Gasteiger partial charge is 0.396 e. The average molecular weight is 344 g/mol. The first-order chi connectivity index (χ1) is 9.95. The molecule has 0 aliphatic rings. The molecule has 0 aliphatic heterocycles. The van der Waals surface area contributed by atoms with Crippen molar-refractivity contribution in [3.8, 4) is 0 Å². The first kappa shape index (κ1) is 21.2. The maximum absolute atomic E-state index is 10.6. The van der Waals surface area contributed by atoms with Gasteiger partial charge < -0.3 is 15.5 Å². The normalized spacial score (nSPS) is 15.8. The van der Waals surface area contributed by atoms with Crippen LogP contribution in [0.5, 0.6) is 0 Å². The number of aliphatic hydroxyl groups excluding tert-OH is 2. The summed E-state index contributed by atoms with van der Waals surface area (Å²) in [4.78, 5) is 0. The predicted octanol–water partition coefficient (Wildman–Crippen LogP) is 1.20. The number of unbranched alkanes of at least 4 members (excludes halogenated alkanes) is 6. The van der Waals surface area contributed by atoms with Crippen molar-refractivity contribution < 1.29 is 23.2 Å². The van der Waals surface area contributed by atoms with Crippen LogP contribution in [0, 0.1) is 0 Å². The molecule has 6 nitrogen and oxygen atoms in total. The summed E-state index contributed by atoms with van der Waals surface area (Å²) in [7, 11) is -3.54. The Morgan fingerprint density at radius 3 is 2.24 bits per heavy atom. The summed E-state index contributed by atoms with van der Waals surface area (Å²) in [5, 5.41) is 21.3. The fourth-order valence-electron chi connectivity index (χ4n) is 1.97. The quantitative estimate of drug-likeness (QED) is 0.332. The molecule has 0 radical (unpaired) electrons. The zero-order valence-electron chi connectivity index (χ0n) is 12.5. The Labute approximate surface area is 133 Å². The van der Waals surface area contributed by atoms with E-state index >= 15 is 0 Å². The molecule has 0 aromatic rings. The molecular formula is C13H29NO5S2. The van der Waals surface area contributed by atoms with Gasteiger partial charge >= 0.3 is 0 Å². The maximum Gasteiger partial charge on any atom is 0.266 e. The topological polar surface area (TPSA) is 99.0 Å². The third kappa shape index (κ3) is 18.1. The molecular weight excluding hydrogens is 314 g/mol. The molecule has 21 heavy (non-hydrogen) atoms. The standard InChI is InChI=1S/C13H29NO5S2/c15-10-7-5-3-1-2-4-6-8-13(16)12-14-9-11-19-21(17,18)20/h13-16H,1-12H2,(H,17,18,20)/t13-/m0/s1. The minimum atomic E-state index is -3.54. The minimum absolute atomic E-state index is 0.0550. The van der Waals surface area contributed by atoms with Gasteiger partial charge in [-0.25, -0.2) is 0 Å². The highest BCUT2D eigenvalue weighted by Crippen LogP contribution is 2.09. The smallest absolute Gasteiger partial charge is 0.266 e. The summed E-state index contributed by atoms with van der Waals surface area (Å²) in [6.45, 7) is 1.17. The second kappa shape index (κ2) is 13.8. The van der Waals surface area contributed by atoms with Gasteiger partial charge in [0.1, 0.15) is 0 Å². The molecule has 0 saturated carbocycles. The van der Waals surface area contributed by atoms with Crippen LogP contribution in [0.3, 0.4) is 0 Å². The van der Waals surface area contributed by atoms with Crippen LogP contribution in [-0.2, 0) is 24.4 Å². The van der Waals surface area contributed by atoms with E-state index in [1.165, 1.54) is 19.3 Å². The molecule has 0 aromatic heterocycles. The fraction of sp³-hybridized carbons (Fsp3) is 1.00. The third-order valence-electron chi connectivity index (χ3n) is 3.09. The van der Waals surface area contributed by atoms with Gasteiger partial charge in [0.15, 0.2) is 0 Å². The van der Waals surface area contributed by atoms with E-state index in [9.17, 15) is 9.32 Å². The molecule has 8 heteroatoms. The van der Waals surface area contributed by atoms with Crippen LogP contribution in [0.4, 0.5) is 0 Å². The molecule has 0 bridgehead atoms. The molecule has 4 N–H and O–H groups in total. The molecule has 0 fully saturated rings. The molecule has 0 saturated heterocycles. The van der Waals surface area contributed by atoms with E-state index in [1.807, 2.05) is 0 Å². The lowest BCUT2D eigenvalue weighted by molar-refractivity contribution is 0.156. The SMILES string of the molecule is O=S(O)(=S)OCCNC[C@@H](O)CCCCCCCCCO. The predicted molar refractivity (Wildman–Crippen MR) is 87.0 cm³/mol. The number of hydrogen-bond donors (Lipinski definition) is 4. The molecule has 2 atom stereocenters. The summed E-state index contributed by atoms with van der Waals surface area (Å²) in [6.07, 6.45) is 7.97. The van der Waals surface area contributed by atoms with Crippen LogP contribution < -0.4 is 5.32 Å². The first-order valence-corrected chi connectivity index (χ1v) is 9.93. The molecule has 0 aromatic carbocycles. The van der Waals surface area contributed by atoms with Crippen molar-refractivity contribution >= 4 is 20.2 Å². The molecule has 0 heterocycles. The molecule has 0 amide bonds. The van der Waals surface area contributed by atoms with Crippen LogP contribution in [0.25, 0.3) is 0 Å².